The van der Waals surface area contributed by atoms with Crippen molar-refractivity contribution >= 4 is 39.7 Å². The summed E-state index contributed by atoms with van der Waals surface area (Å²) in [5, 5.41) is 8.75. The van der Waals surface area contributed by atoms with Gasteiger partial charge in [0, 0.05) is 22.8 Å². The number of nitrogens with two attached hydrogens (primary N) is 1. The van der Waals surface area contributed by atoms with Crippen molar-refractivity contribution in [2.45, 2.75) is 26.8 Å². The maximum atomic E-state index is 13.6. The quantitative estimate of drug-likeness (QED) is 0.392. The van der Waals surface area contributed by atoms with Crippen LogP contribution in [-0.2, 0) is 0 Å². The molecule has 5 aromatic rings. The van der Waals surface area contributed by atoms with Crippen molar-refractivity contribution in [2.24, 2.45) is 0 Å². The van der Waals surface area contributed by atoms with Gasteiger partial charge in [-0.05, 0) is 56.5 Å². The van der Waals surface area contributed by atoms with Crippen LogP contribution in [0.3, 0.4) is 0 Å². The number of amides is 1. The van der Waals surface area contributed by atoms with Gasteiger partial charge in [0.15, 0.2) is 11.5 Å². The molecule has 3 heterocycles. The van der Waals surface area contributed by atoms with E-state index >= 15 is 0 Å². The first-order chi connectivity index (χ1) is 16.8. The van der Waals surface area contributed by atoms with Gasteiger partial charge >= 0.3 is 0 Å². The zero-order valence-electron chi connectivity index (χ0n) is 19.4. The summed E-state index contributed by atoms with van der Waals surface area (Å²) >= 11 is 6.39. The summed E-state index contributed by atoms with van der Waals surface area (Å²) in [6, 6.07) is 17.7. The molecule has 0 unspecified atom stereocenters. The van der Waals surface area contributed by atoms with Gasteiger partial charge in [-0.15, -0.1) is 5.10 Å². The van der Waals surface area contributed by atoms with Crippen LogP contribution in [0, 0.1) is 13.8 Å². The molecule has 35 heavy (non-hydrogen) atoms. The van der Waals surface area contributed by atoms with Crippen LogP contribution in [0.2, 0.25) is 5.02 Å². The third-order valence-electron chi connectivity index (χ3n) is 5.98. The van der Waals surface area contributed by atoms with Crippen molar-refractivity contribution in [3.63, 3.8) is 0 Å². The monoisotopic (exact) mass is 486 g/mol. The summed E-state index contributed by atoms with van der Waals surface area (Å²) < 4.78 is 3.13. The molecule has 0 fully saturated rings. The number of fused-ring (bicyclic) bond motifs is 2. The number of hydrogen-bond donors (Lipinski definition) is 2. The normalized spacial score (nSPS) is 12.2. The van der Waals surface area contributed by atoms with Gasteiger partial charge in [-0.3, -0.25) is 14.2 Å². The molecule has 0 bridgehead atoms. The molecule has 9 heteroatoms. The highest BCUT2D eigenvalue weighted by Crippen LogP contribution is 2.26. The number of para-hydroxylation sites is 1. The molecule has 0 saturated carbocycles. The maximum Gasteiger partial charge on any atom is 0.264 e. The van der Waals surface area contributed by atoms with Crippen LogP contribution in [0.5, 0.6) is 0 Å². The van der Waals surface area contributed by atoms with Crippen LogP contribution >= 0.6 is 11.6 Å². The zero-order chi connectivity index (χ0) is 24.9. The van der Waals surface area contributed by atoms with E-state index in [9.17, 15) is 9.59 Å². The third kappa shape index (κ3) is 3.81. The molecule has 0 aliphatic rings. The fourth-order valence-corrected chi connectivity index (χ4v) is 4.66. The number of anilines is 1. The molecule has 0 aliphatic heterocycles. The van der Waals surface area contributed by atoms with Gasteiger partial charge in [0.25, 0.3) is 11.5 Å². The highest BCUT2D eigenvalue weighted by atomic mass is 35.5. The number of halogens is 1. The van der Waals surface area contributed by atoms with Crippen LogP contribution in [0.1, 0.15) is 40.4 Å². The van der Waals surface area contributed by atoms with Crippen molar-refractivity contribution in [2.75, 3.05) is 5.73 Å². The van der Waals surface area contributed by atoms with Gasteiger partial charge in [-0.1, -0.05) is 41.9 Å². The second-order valence-corrected chi connectivity index (χ2v) is 8.89. The molecule has 8 nitrogen and oxygen atoms in total. The number of pyridine rings is 1. The highest BCUT2D eigenvalue weighted by molar-refractivity contribution is 6.35. The summed E-state index contributed by atoms with van der Waals surface area (Å²) in [5.41, 5.74) is 9.27. The largest absolute Gasteiger partial charge is 0.381 e. The molecule has 5 rings (SSSR count). The Morgan fingerprint density at radius 2 is 1.83 bits per heavy atom. The lowest BCUT2D eigenvalue weighted by molar-refractivity contribution is 0.0941. The van der Waals surface area contributed by atoms with E-state index in [1.807, 2.05) is 69.3 Å². The predicted octanol–water partition coefficient (Wildman–Crippen LogP) is 4.38. The zero-order valence-corrected chi connectivity index (χ0v) is 20.2. The van der Waals surface area contributed by atoms with E-state index in [2.05, 4.69) is 15.4 Å². The summed E-state index contributed by atoms with van der Waals surface area (Å²) in [7, 11) is 0. The van der Waals surface area contributed by atoms with Crippen LogP contribution in [0.25, 0.3) is 22.1 Å². The first kappa shape index (κ1) is 22.6. The number of benzene rings is 2. The molecule has 0 saturated heterocycles. The molecule has 0 aliphatic carbocycles. The number of nitrogens with zero attached hydrogens (tertiary/aromatic N) is 4. The summed E-state index contributed by atoms with van der Waals surface area (Å²) in [5.74, 6) is -0.345. The fraction of sp³-hybridized carbons (Fsp3) is 0.154. The first-order valence-electron chi connectivity index (χ1n) is 11.1. The van der Waals surface area contributed by atoms with Gasteiger partial charge in [0.2, 0.25) is 0 Å². The smallest absolute Gasteiger partial charge is 0.264 e. The minimum absolute atomic E-state index is 0.0849. The molecule has 2 aromatic carbocycles. The highest BCUT2D eigenvalue weighted by Gasteiger charge is 2.24. The molecule has 3 N–H and O–H groups in total. The fourth-order valence-electron chi connectivity index (χ4n) is 4.40. The Labute approximate surface area is 206 Å². The average Bonchev–Trinajstić information content (AvgIpc) is 3.15. The standard InChI is InChI=1S/C26H23ClN6O2/c1-14-12-15(2)33-24(29-14)22(23(28)31-33)25(34)30-16(3)20-13-17-8-7-11-19(27)21(17)26(35)32(20)18-9-5-4-6-10-18/h4-13,16H,1-3H3,(H2,28,31)(H,30,34)/t16-/m0/s1. The van der Waals surface area contributed by atoms with Crippen molar-refractivity contribution < 1.29 is 4.79 Å². The van der Waals surface area contributed by atoms with Crippen molar-refractivity contribution in [1.29, 1.82) is 0 Å². The van der Waals surface area contributed by atoms with E-state index in [4.69, 9.17) is 17.3 Å². The Morgan fingerprint density at radius 3 is 2.57 bits per heavy atom. The Kier molecular flexibility index (Phi) is 5.53. The number of carbonyl (C=O) groups is 1. The predicted molar refractivity (Wildman–Crippen MR) is 137 cm³/mol. The summed E-state index contributed by atoms with van der Waals surface area (Å²) in [4.78, 5) is 31.5. The van der Waals surface area contributed by atoms with E-state index in [0.29, 0.717) is 32.8 Å². The second-order valence-electron chi connectivity index (χ2n) is 8.48. The third-order valence-corrected chi connectivity index (χ3v) is 6.29. The SMILES string of the molecule is Cc1cc(C)n2nc(N)c(C(=O)N[C@@H](C)c3cc4cccc(Cl)c4c(=O)n3-c3ccccc3)c2n1. The number of carbonyl (C=O) groups excluding carboxylic acids is 1. The molecule has 3 aromatic heterocycles. The average molecular weight is 487 g/mol. The Balaban J connectivity index is 1.64. The van der Waals surface area contributed by atoms with Gasteiger partial charge in [0.05, 0.1) is 16.5 Å². The van der Waals surface area contributed by atoms with Crippen LogP contribution in [-0.4, -0.2) is 25.1 Å². The van der Waals surface area contributed by atoms with Gasteiger partial charge in [-0.2, -0.15) is 0 Å². The minimum atomic E-state index is -0.556. The Hall–Kier alpha value is -4.17. The van der Waals surface area contributed by atoms with Gasteiger partial charge in [0.1, 0.15) is 5.56 Å². The minimum Gasteiger partial charge on any atom is -0.381 e. The van der Waals surface area contributed by atoms with E-state index < -0.39 is 11.9 Å². The van der Waals surface area contributed by atoms with Crippen molar-refractivity contribution in [1.82, 2.24) is 24.5 Å². The molecule has 0 spiro atoms. The molecule has 0 radical (unpaired) electrons. The summed E-state index contributed by atoms with van der Waals surface area (Å²) in [6.07, 6.45) is 0. The molecule has 1 atom stereocenters. The lowest BCUT2D eigenvalue weighted by atomic mass is 10.1. The topological polar surface area (TPSA) is 107 Å². The Bertz CT molecular complexity index is 1670. The van der Waals surface area contributed by atoms with Crippen LogP contribution in [0.4, 0.5) is 5.82 Å². The number of aryl methyl sites for hydroxylation is 2. The van der Waals surface area contributed by atoms with Gasteiger partial charge in [-0.25, -0.2) is 9.50 Å². The summed E-state index contributed by atoms with van der Waals surface area (Å²) in [6.45, 7) is 5.53. The van der Waals surface area contributed by atoms with Crippen molar-refractivity contribution in [3.05, 3.63) is 98.7 Å². The lowest BCUT2D eigenvalue weighted by Gasteiger charge is -2.21. The van der Waals surface area contributed by atoms with Crippen molar-refractivity contribution in [3.8, 4) is 5.69 Å². The van der Waals surface area contributed by atoms with E-state index in [1.54, 1.807) is 21.2 Å². The number of nitrogen functional groups attached to an aromatic ring is 1. The number of aromatic nitrogens is 4. The molecule has 1 amide bonds. The Morgan fingerprint density at radius 1 is 1.09 bits per heavy atom. The lowest BCUT2D eigenvalue weighted by Crippen LogP contribution is -2.32. The maximum absolute atomic E-state index is 13.6. The van der Waals surface area contributed by atoms with E-state index in [1.165, 1.54) is 0 Å². The van der Waals surface area contributed by atoms with Gasteiger partial charge < -0.3 is 11.1 Å². The second kappa shape index (κ2) is 8.56. The molecular weight excluding hydrogens is 464 g/mol. The number of rotatable bonds is 4. The van der Waals surface area contributed by atoms with Crippen LogP contribution in [0.15, 0.2) is 65.5 Å². The van der Waals surface area contributed by atoms with E-state index in [0.717, 1.165) is 11.4 Å². The van der Waals surface area contributed by atoms with Crippen LogP contribution < -0.4 is 16.6 Å². The molecular formula is C26H23ClN6O2. The first-order valence-corrected chi connectivity index (χ1v) is 11.5. The number of nitrogens with one attached hydrogen (secondary N) is 1. The molecule has 176 valence electrons. The van der Waals surface area contributed by atoms with E-state index in [-0.39, 0.29) is 16.9 Å². The number of hydrogen-bond acceptors (Lipinski definition) is 5.